The third-order valence-corrected chi connectivity index (χ3v) is 3.70. The number of rotatable bonds is 6. The second-order valence-electron chi connectivity index (χ2n) is 5.59. The summed E-state index contributed by atoms with van der Waals surface area (Å²) in [6.07, 6.45) is 3.40. The lowest BCUT2D eigenvalue weighted by molar-refractivity contribution is 0.104. The second kappa shape index (κ2) is 7.63. The second-order valence-corrected chi connectivity index (χ2v) is 5.59. The fourth-order valence-corrected chi connectivity index (χ4v) is 2.25. The van der Waals surface area contributed by atoms with Gasteiger partial charge in [-0.2, -0.15) is 0 Å². The van der Waals surface area contributed by atoms with E-state index in [4.69, 9.17) is 9.47 Å². The van der Waals surface area contributed by atoms with E-state index >= 15 is 0 Å². The minimum atomic E-state index is -0.0705. The number of ketones is 1. The number of carbonyl (C=O) groups excluding carboxylic acids is 1. The summed E-state index contributed by atoms with van der Waals surface area (Å²) in [5, 5.41) is 0. The number of allylic oxidation sites excluding steroid dienone is 1. The van der Waals surface area contributed by atoms with Crippen molar-refractivity contribution < 1.29 is 14.3 Å². The van der Waals surface area contributed by atoms with E-state index in [0.717, 1.165) is 5.56 Å². The Balaban J connectivity index is 2.14. The molecule has 3 heteroatoms. The number of hydrogen-bond donors (Lipinski definition) is 0. The largest absolute Gasteiger partial charge is 0.493 e. The predicted octanol–water partition coefficient (Wildman–Crippen LogP) is 4.72. The van der Waals surface area contributed by atoms with Gasteiger partial charge in [0, 0.05) is 5.56 Å². The Kier molecular flexibility index (Phi) is 5.58. The Bertz CT molecular complexity index is 697. The average Bonchev–Trinajstić information content (AvgIpc) is 2.59. The fraction of sp³-hybridized carbons (Fsp3) is 0.250. The molecule has 0 saturated heterocycles. The molecule has 0 unspecified atom stereocenters. The normalized spacial score (nSPS) is 11.0. The monoisotopic (exact) mass is 310 g/mol. The van der Waals surface area contributed by atoms with Gasteiger partial charge in [-0.1, -0.05) is 44.2 Å². The lowest BCUT2D eigenvalue weighted by atomic mass is 10.0. The van der Waals surface area contributed by atoms with Crippen molar-refractivity contribution in [3.8, 4) is 11.5 Å². The maximum atomic E-state index is 12.3. The van der Waals surface area contributed by atoms with Gasteiger partial charge in [0.2, 0.25) is 0 Å². The predicted molar refractivity (Wildman–Crippen MR) is 93.4 cm³/mol. The summed E-state index contributed by atoms with van der Waals surface area (Å²) in [4.78, 5) is 12.3. The van der Waals surface area contributed by atoms with Gasteiger partial charge >= 0.3 is 0 Å². The quantitative estimate of drug-likeness (QED) is 0.572. The summed E-state index contributed by atoms with van der Waals surface area (Å²) in [6, 6.07) is 13.4. The lowest BCUT2D eigenvalue weighted by Gasteiger charge is -2.08. The first-order valence-corrected chi connectivity index (χ1v) is 7.59. The van der Waals surface area contributed by atoms with E-state index in [1.54, 1.807) is 38.5 Å². The van der Waals surface area contributed by atoms with E-state index in [1.165, 1.54) is 5.56 Å². The zero-order valence-electron chi connectivity index (χ0n) is 14.0. The molecule has 0 spiro atoms. The van der Waals surface area contributed by atoms with Crippen LogP contribution in [0.4, 0.5) is 0 Å². The maximum absolute atomic E-state index is 12.3. The average molecular weight is 310 g/mol. The number of ether oxygens (including phenoxy) is 2. The number of methoxy groups -OCH3 is 2. The van der Waals surface area contributed by atoms with Gasteiger partial charge in [-0.15, -0.1) is 0 Å². The highest BCUT2D eigenvalue weighted by atomic mass is 16.5. The van der Waals surface area contributed by atoms with Crippen molar-refractivity contribution in [1.29, 1.82) is 0 Å². The SMILES string of the molecule is COc1ccc(C(=O)/C=C/c2ccc(C(C)C)cc2)cc1OC. The summed E-state index contributed by atoms with van der Waals surface area (Å²) in [5.41, 5.74) is 2.86. The highest BCUT2D eigenvalue weighted by Gasteiger charge is 2.08. The van der Waals surface area contributed by atoms with E-state index in [2.05, 4.69) is 26.0 Å². The summed E-state index contributed by atoms with van der Waals surface area (Å²) in [5.74, 6) is 1.59. The molecule has 2 aromatic rings. The van der Waals surface area contributed by atoms with Crippen LogP contribution < -0.4 is 9.47 Å². The molecule has 2 aromatic carbocycles. The Morgan fingerprint density at radius 1 is 0.957 bits per heavy atom. The van der Waals surface area contributed by atoms with Crippen LogP contribution in [0.25, 0.3) is 6.08 Å². The molecule has 23 heavy (non-hydrogen) atoms. The number of carbonyl (C=O) groups is 1. The van der Waals surface area contributed by atoms with Crippen LogP contribution in [-0.4, -0.2) is 20.0 Å². The molecule has 0 fully saturated rings. The number of hydrogen-bond acceptors (Lipinski definition) is 3. The molecule has 2 rings (SSSR count). The third-order valence-electron chi connectivity index (χ3n) is 3.70. The molecule has 0 N–H and O–H groups in total. The van der Waals surface area contributed by atoms with Gasteiger partial charge in [-0.05, 0) is 41.3 Å². The molecule has 0 aliphatic carbocycles. The van der Waals surface area contributed by atoms with Gasteiger partial charge in [-0.3, -0.25) is 4.79 Å². The topological polar surface area (TPSA) is 35.5 Å². The van der Waals surface area contributed by atoms with Crippen molar-refractivity contribution in [2.24, 2.45) is 0 Å². The summed E-state index contributed by atoms with van der Waals surface area (Å²) < 4.78 is 10.4. The first-order chi connectivity index (χ1) is 11.0. The molecule has 0 radical (unpaired) electrons. The minimum absolute atomic E-state index is 0.0705. The number of benzene rings is 2. The van der Waals surface area contributed by atoms with Gasteiger partial charge in [-0.25, -0.2) is 0 Å². The first-order valence-electron chi connectivity index (χ1n) is 7.59. The first kappa shape index (κ1) is 16.8. The molecule has 0 heterocycles. The highest BCUT2D eigenvalue weighted by Crippen LogP contribution is 2.27. The Labute approximate surface area is 137 Å². The van der Waals surface area contributed by atoms with Crippen molar-refractivity contribution in [2.75, 3.05) is 14.2 Å². The molecule has 3 nitrogen and oxygen atoms in total. The maximum Gasteiger partial charge on any atom is 0.185 e. The Hall–Kier alpha value is -2.55. The molecule has 120 valence electrons. The van der Waals surface area contributed by atoms with Crippen LogP contribution in [0.3, 0.4) is 0 Å². The summed E-state index contributed by atoms with van der Waals surface area (Å²) in [7, 11) is 3.12. The van der Waals surface area contributed by atoms with Gasteiger partial charge in [0.1, 0.15) is 0 Å². The zero-order valence-corrected chi connectivity index (χ0v) is 14.0. The van der Waals surface area contributed by atoms with Gasteiger partial charge in [0.05, 0.1) is 14.2 Å². The molecule has 0 aromatic heterocycles. The van der Waals surface area contributed by atoms with Crippen molar-refractivity contribution in [1.82, 2.24) is 0 Å². The standard InChI is InChI=1S/C20H22O3/c1-14(2)16-8-5-15(6-9-16)7-11-18(21)17-10-12-19(22-3)20(13-17)23-4/h5-14H,1-4H3/b11-7+. The zero-order chi connectivity index (χ0) is 16.8. The van der Waals surface area contributed by atoms with Gasteiger partial charge in [0.15, 0.2) is 17.3 Å². The minimum Gasteiger partial charge on any atom is -0.493 e. The van der Waals surface area contributed by atoms with Crippen molar-refractivity contribution in [3.05, 3.63) is 65.2 Å². The van der Waals surface area contributed by atoms with Crippen molar-refractivity contribution in [2.45, 2.75) is 19.8 Å². The Morgan fingerprint density at radius 3 is 2.17 bits per heavy atom. The van der Waals surface area contributed by atoms with Gasteiger partial charge in [0.25, 0.3) is 0 Å². The molecular formula is C20H22O3. The van der Waals surface area contributed by atoms with Gasteiger partial charge < -0.3 is 9.47 Å². The molecule has 0 aliphatic rings. The smallest absolute Gasteiger partial charge is 0.185 e. The third kappa shape index (κ3) is 4.22. The molecule has 0 saturated carbocycles. The van der Waals surface area contributed by atoms with E-state index in [-0.39, 0.29) is 5.78 Å². The Morgan fingerprint density at radius 2 is 1.61 bits per heavy atom. The molecule has 0 bridgehead atoms. The van der Waals surface area contributed by atoms with E-state index < -0.39 is 0 Å². The van der Waals surface area contributed by atoms with E-state index in [0.29, 0.717) is 23.0 Å². The lowest BCUT2D eigenvalue weighted by Crippen LogP contribution is -1.97. The van der Waals surface area contributed by atoms with Crippen molar-refractivity contribution in [3.63, 3.8) is 0 Å². The van der Waals surface area contributed by atoms with E-state index in [1.807, 2.05) is 18.2 Å². The van der Waals surface area contributed by atoms with Crippen LogP contribution >= 0.6 is 0 Å². The van der Waals surface area contributed by atoms with Crippen molar-refractivity contribution >= 4 is 11.9 Å². The summed E-state index contributed by atoms with van der Waals surface area (Å²) >= 11 is 0. The fourth-order valence-electron chi connectivity index (χ4n) is 2.25. The van der Waals surface area contributed by atoms with Crippen LogP contribution in [0.15, 0.2) is 48.5 Å². The molecule has 0 atom stereocenters. The molecule has 0 amide bonds. The van der Waals surface area contributed by atoms with Crippen LogP contribution in [0.5, 0.6) is 11.5 Å². The van der Waals surface area contributed by atoms with Crippen LogP contribution in [0.2, 0.25) is 0 Å². The van der Waals surface area contributed by atoms with Crippen LogP contribution in [-0.2, 0) is 0 Å². The van der Waals surface area contributed by atoms with Crippen LogP contribution in [0, 0.1) is 0 Å². The highest BCUT2D eigenvalue weighted by molar-refractivity contribution is 6.07. The molecule has 0 aliphatic heterocycles. The van der Waals surface area contributed by atoms with E-state index in [9.17, 15) is 4.79 Å². The molecular weight excluding hydrogens is 288 g/mol. The summed E-state index contributed by atoms with van der Waals surface area (Å²) in [6.45, 7) is 4.32. The van der Waals surface area contributed by atoms with Crippen LogP contribution in [0.1, 0.15) is 41.3 Å².